The summed E-state index contributed by atoms with van der Waals surface area (Å²) < 4.78 is 36.7. The largest absolute Gasteiger partial charge is 0.496 e. The zero-order chi connectivity index (χ0) is 24.3. The molecule has 2 aromatic rings. The van der Waals surface area contributed by atoms with Crippen LogP contribution in [0.3, 0.4) is 0 Å². The monoisotopic (exact) mass is 495 g/mol. The minimum atomic E-state index is -3.72. The van der Waals surface area contributed by atoms with Crippen molar-refractivity contribution in [3.63, 3.8) is 0 Å². The van der Waals surface area contributed by atoms with Crippen LogP contribution in [-0.4, -0.2) is 70.3 Å². The highest BCUT2D eigenvalue weighted by Crippen LogP contribution is 2.31. The van der Waals surface area contributed by atoms with E-state index in [4.69, 9.17) is 21.1 Å². The highest BCUT2D eigenvalue weighted by molar-refractivity contribution is 7.89. The van der Waals surface area contributed by atoms with Crippen LogP contribution in [0.4, 0.5) is 5.69 Å². The summed E-state index contributed by atoms with van der Waals surface area (Å²) in [6.07, 6.45) is 1.09. The van der Waals surface area contributed by atoms with Crippen LogP contribution in [0, 0.1) is 0 Å². The average molecular weight is 496 g/mol. The molecule has 178 valence electrons. The van der Waals surface area contributed by atoms with Crippen LogP contribution in [-0.2, 0) is 14.8 Å². The fraction of sp³-hybridized carbons (Fsp3) is 0.364. The van der Waals surface area contributed by atoms with Gasteiger partial charge in [-0.05, 0) is 49.2 Å². The molecule has 11 heteroatoms. The molecule has 1 fully saturated rings. The minimum Gasteiger partial charge on any atom is -0.496 e. The third kappa shape index (κ3) is 5.07. The van der Waals surface area contributed by atoms with Crippen molar-refractivity contribution in [2.75, 3.05) is 40.2 Å². The number of hydrogen-bond acceptors (Lipinski definition) is 6. The van der Waals surface area contributed by atoms with E-state index in [1.54, 1.807) is 12.1 Å². The lowest BCUT2D eigenvalue weighted by molar-refractivity contribution is -0.119. The number of nitrogens with one attached hydrogen (secondary N) is 1. The van der Waals surface area contributed by atoms with E-state index in [9.17, 15) is 18.0 Å². The summed E-state index contributed by atoms with van der Waals surface area (Å²) in [5.41, 5.74) is 0.464. The fourth-order valence-electron chi connectivity index (χ4n) is 3.66. The van der Waals surface area contributed by atoms with Crippen LogP contribution in [0.2, 0.25) is 5.02 Å². The van der Waals surface area contributed by atoms with Gasteiger partial charge in [-0.25, -0.2) is 12.7 Å². The summed E-state index contributed by atoms with van der Waals surface area (Å²) in [7, 11) is 2.00. The third-order valence-electron chi connectivity index (χ3n) is 5.42. The maximum Gasteiger partial charge on any atom is 0.258 e. The number of sulfonamides is 1. The number of ether oxygens (including phenoxy) is 2. The van der Waals surface area contributed by atoms with Gasteiger partial charge in [-0.3, -0.25) is 9.59 Å². The molecule has 0 saturated carbocycles. The first-order chi connectivity index (χ1) is 15.6. The summed E-state index contributed by atoms with van der Waals surface area (Å²) in [6.45, 7) is 0.388. The molecule has 9 nitrogen and oxygen atoms in total. The van der Waals surface area contributed by atoms with Gasteiger partial charge in [-0.1, -0.05) is 11.6 Å². The van der Waals surface area contributed by atoms with E-state index in [-0.39, 0.29) is 22.1 Å². The number of carbonyl (C=O) groups excluding carboxylic acids is 2. The van der Waals surface area contributed by atoms with Gasteiger partial charge in [0.2, 0.25) is 15.9 Å². The molecule has 0 radical (unpaired) electrons. The van der Waals surface area contributed by atoms with E-state index in [0.717, 1.165) is 4.31 Å². The number of hydrogen-bond donors (Lipinski definition) is 1. The molecular weight excluding hydrogens is 470 g/mol. The minimum absolute atomic E-state index is 0.00613. The molecule has 1 aliphatic rings. The second kappa shape index (κ2) is 9.98. The van der Waals surface area contributed by atoms with Crippen molar-refractivity contribution in [1.29, 1.82) is 0 Å². The summed E-state index contributed by atoms with van der Waals surface area (Å²) in [6, 6.07) is 8.19. The number of methoxy groups -OCH3 is 2. The number of carbonyl (C=O) groups is 2. The first kappa shape index (κ1) is 24.8. The second-order valence-electron chi connectivity index (χ2n) is 7.64. The number of nitrogens with zero attached hydrogens (tertiary/aromatic N) is 2. The Morgan fingerprint density at radius 1 is 1.09 bits per heavy atom. The van der Waals surface area contributed by atoms with Crippen molar-refractivity contribution in [3.8, 4) is 11.5 Å². The number of rotatable bonds is 7. The lowest BCUT2D eigenvalue weighted by Gasteiger charge is -2.25. The van der Waals surface area contributed by atoms with E-state index >= 15 is 0 Å². The zero-order valence-electron chi connectivity index (χ0n) is 18.8. The standard InChI is InChI=1S/C22H26ClN3O6S/c1-25(2)33(29,30)15-8-10-20(32-4)17(13-15)24-21(27)18-6-5-11-26(18)22(28)16-12-14(23)7-9-19(16)31-3/h7-10,12-13,18H,5-6,11H2,1-4H3,(H,24,27). The smallest absolute Gasteiger partial charge is 0.258 e. The molecule has 0 spiro atoms. The van der Waals surface area contributed by atoms with Gasteiger partial charge in [0, 0.05) is 25.7 Å². The van der Waals surface area contributed by atoms with Crippen molar-refractivity contribution in [1.82, 2.24) is 9.21 Å². The van der Waals surface area contributed by atoms with Crippen LogP contribution in [0.5, 0.6) is 11.5 Å². The summed E-state index contributed by atoms with van der Waals surface area (Å²) in [5.74, 6) is -0.158. The number of halogens is 1. The molecule has 1 atom stereocenters. The van der Waals surface area contributed by atoms with E-state index in [1.165, 1.54) is 57.5 Å². The van der Waals surface area contributed by atoms with Gasteiger partial charge in [-0.2, -0.15) is 0 Å². The Labute approximate surface area is 198 Å². The Bertz CT molecular complexity index is 1170. The first-order valence-electron chi connectivity index (χ1n) is 10.2. The van der Waals surface area contributed by atoms with Crippen LogP contribution in [0.1, 0.15) is 23.2 Å². The van der Waals surface area contributed by atoms with Gasteiger partial charge < -0.3 is 19.7 Å². The van der Waals surface area contributed by atoms with Crippen molar-refractivity contribution in [2.24, 2.45) is 0 Å². The Hall–Kier alpha value is -2.82. The average Bonchev–Trinajstić information content (AvgIpc) is 3.28. The molecule has 0 aliphatic carbocycles. The van der Waals surface area contributed by atoms with Gasteiger partial charge >= 0.3 is 0 Å². The van der Waals surface area contributed by atoms with Gasteiger partial charge in [0.05, 0.1) is 30.4 Å². The zero-order valence-corrected chi connectivity index (χ0v) is 20.4. The predicted molar refractivity (Wildman–Crippen MR) is 125 cm³/mol. The van der Waals surface area contributed by atoms with Gasteiger partial charge in [0.25, 0.3) is 5.91 Å². The number of benzene rings is 2. The molecule has 33 heavy (non-hydrogen) atoms. The van der Waals surface area contributed by atoms with E-state index in [1.807, 2.05) is 0 Å². The van der Waals surface area contributed by atoms with Crippen LogP contribution < -0.4 is 14.8 Å². The molecule has 0 bridgehead atoms. The number of likely N-dealkylation sites (tertiary alicyclic amines) is 1. The predicted octanol–water partition coefficient (Wildman–Crippen LogP) is 2.85. The third-order valence-corrected chi connectivity index (χ3v) is 7.46. The van der Waals surface area contributed by atoms with Gasteiger partial charge in [-0.15, -0.1) is 0 Å². The Morgan fingerprint density at radius 3 is 2.39 bits per heavy atom. The van der Waals surface area contributed by atoms with Crippen molar-refractivity contribution in [2.45, 2.75) is 23.8 Å². The molecule has 1 heterocycles. The normalized spacial score (nSPS) is 16.1. The SMILES string of the molecule is COc1ccc(S(=O)(=O)N(C)C)cc1NC(=O)C1CCCN1C(=O)c1cc(Cl)ccc1OC. The van der Waals surface area contributed by atoms with E-state index in [0.29, 0.717) is 35.9 Å². The van der Waals surface area contributed by atoms with Crippen molar-refractivity contribution < 1.29 is 27.5 Å². The van der Waals surface area contributed by atoms with Crippen molar-refractivity contribution in [3.05, 3.63) is 47.0 Å². The maximum absolute atomic E-state index is 13.2. The molecule has 0 aromatic heterocycles. The highest BCUT2D eigenvalue weighted by atomic mass is 35.5. The molecule has 1 saturated heterocycles. The molecule has 1 aliphatic heterocycles. The van der Waals surface area contributed by atoms with Gasteiger partial charge in [0.1, 0.15) is 17.5 Å². The van der Waals surface area contributed by atoms with Crippen LogP contribution >= 0.6 is 11.6 Å². The molecule has 2 aromatic carbocycles. The molecule has 1 N–H and O–H groups in total. The molecular formula is C22H26ClN3O6S. The quantitative estimate of drug-likeness (QED) is 0.633. The Kier molecular flexibility index (Phi) is 7.51. The lowest BCUT2D eigenvalue weighted by atomic mass is 10.1. The second-order valence-corrected chi connectivity index (χ2v) is 10.2. The lowest BCUT2D eigenvalue weighted by Crippen LogP contribution is -2.43. The summed E-state index contributed by atoms with van der Waals surface area (Å²) in [5, 5.41) is 3.11. The van der Waals surface area contributed by atoms with E-state index in [2.05, 4.69) is 5.32 Å². The number of anilines is 1. The van der Waals surface area contributed by atoms with Crippen LogP contribution in [0.25, 0.3) is 0 Å². The molecule has 3 rings (SSSR count). The van der Waals surface area contributed by atoms with Crippen LogP contribution in [0.15, 0.2) is 41.3 Å². The van der Waals surface area contributed by atoms with Gasteiger partial charge in [0.15, 0.2) is 0 Å². The summed E-state index contributed by atoms with van der Waals surface area (Å²) in [4.78, 5) is 27.9. The fourth-order valence-corrected chi connectivity index (χ4v) is 4.76. The molecule has 2 amide bonds. The maximum atomic E-state index is 13.2. The van der Waals surface area contributed by atoms with E-state index < -0.39 is 22.0 Å². The first-order valence-corrected chi connectivity index (χ1v) is 12.0. The van der Waals surface area contributed by atoms with Crippen molar-refractivity contribution >= 4 is 39.1 Å². The number of amides is 2. The Balaban J connectivity index is 1.88. The Morgan fingerprint density at radius 2 is 1.76 bits per heavy atom. The topological polar surface area (TPSA) is 105 Å². The molecule has 1 unspecified atom stereocenters. The highest BCUT2D eigenvalue weighted by Gasteiger charge is 2.36. The summed E-state index contributed by atoms with van der Waals surface area (Å²) >= 11 is 6.07.